The topological polar surface area (TPSA) is 47.3 Å². The Morgan fingerprint density at radius 3 is 3.11 bits per heavy atom. The van der Waals surface area contributed by atoms with Crippen LogP contribution in [0, 0.1) is 0 Å². The Morgan fingerprint density at radius 2 is 2.67 bits per heavy atom. The second kappa shape index (κ2) is 2.73. The standard InChI is InChI=1S/C6H12N2O/c1-9-6-2-3-8-4-5(6)7/h4,6,8H,2-3,7H2,1H3. The molecule has 0 bridgehead atoms. The normalized spacial score (nSPS) is 26.8. The van der Waals surface area contributed by atoms with Crippen LogP contribution in [0.25, 0.3) is 0 Å². The fourth-order valence-corrected chi connectivity index (χ4v) is 0.918. The second-order valence-corrected chi connectivity index (χ2v) is 2.11. The van der Waals surface area contributed by atoms with Crippen LogP contribution in [-0.4, -0.2) is 19.8 Å². The van der Waals surface area contributed by atoms with Gasteiger partial charge in [0.2, 0.25) is 0 Å². The van der Waals surface area contributed by atoms with Gasteiger partial charge in [0.1, 0.15) is 0 Å². The van der Waals surface area contributed by atoms with Crippen molar-refractivity contribution in [3.63, 3.8) is 0 Å². The predicted octanol–water partition coefficient (Wildman–Crippen LogP) is -0.205. The Balaban J connectivity index is 2.50. The van der Waals surface area contributed by atoms with Crippen LogP contribution in [0.1, 0.15) is 6.42 Å². The average Bonchev–Trinajstić information content (AvgIpc) is 1.89. The van der Waals surface area contributed by atoms with E-state index in [1.54, 1.807) is 13.3 Å². The van der Waals surface area contributed by atoms with Crippen molar-refractivity contribution in [3.05, 3.63) is 11.9 Å². The molecule has 3 nitrogen and oxygen atoms in total. The van der Waals surface area contributed by atoms with Gasteiger partial charge in [0.15, 0.2) is 0 Å². The number of hydrogen-bond donors (Lipinski definition) is 2. The quantitative estimate of drug-likeness (QED) is 0.514. The molecule has 1 aliphatic rings. The number of nitrogens with two attached hydrogens (primary N) is 1. The van der Waals surface area contributed by atoms with Crippen molar-refractivity contribution in [2.45, 2.75) is 12.5 Å². The first-order chi connectivity index (χ1) is 4.34. The van der Waals surface area contributed by atoms with Crippen molar-refractivity contribution >= 4 is 0 Å². The molecule has 0 amide bonds. The zero-order valence-corrected chi connectivity index (χ0v) is 5.55. The fourth-order valence-electron chi connectivity index (χ4n) is 0.918. The van der Waals surface area contributed by atoms with Crippen LogP contribution in [-0.2, 0) is 4.74 Å². The van der Waals surface area contributed by atoms with Gasteiger partial charge in [-0.05, 0) is 6.42 Å². The number of rotatable bonds is 1. The van der Waals surface area contributed by atoms with Gasteiger partial charge < -0.3 is 15.8 Å². The highest BCUT2D eigenvalue weighted by atomic mass is 16.5. The summed E-state index contributed by atoms with van der Waals surface area (Å²) >= 11 is 0. The third-order valence-electron chi connectivity index (χ3n) is 1.48. The maximum absolute atomic E-state index is 5.56. The van der Waals surface area contributed by atoms with Gasteiger partial charge in [-0.15, -0.1) is 0 Å². The van der Waals surface area contributed by atoms with Crippen LogP contribution in [0.3, 0.4) is 0 Å². The van der Waals surface area contributed by atoms with Gasteiger partial charge in [0.05, 0.1) is 11.8 Å². The van der Waals surface area contributed by atoms with E-state index in [2.05, 4.69) is 5.32 Å². The van der Waals surface area contributed by atoms with E-state index < -0.39 is 0 Å². The van der Waals surface area contributed by atoms with E-state index in [0.29, 0.717) is 0 Å². The summed E-state index contributed by atoms with van der Waals surface area (Å²) in [5.74, 6) is 0. The van der Waals surface area contributed by atoms with E-state index in [1.165, 1.54) is 0 Å². The van der Waals surface area contributed by atoms with Crippen LogP contribution in [0.5, 0.6) is 0 Å². The molecule has 0 radical (unpaired) electrons. The summed E-state index contributed by atoms with van der Waals surface area (Å²) in [6, 6.07) is 0. The minimum atomic E-state index is 0.131. The molecule has 1 aliphatic heterocycles. The van der Waals surface area contributed by atoms with Crippen LogP contribution in [0.2, 0.25) is 0 Å². The van der Waals surface area contributed by atoms with Crippen LogP contribution >= 0.6 is 0 Å². The highest BCUT2D eigenvalue weighted by Crippen LogP contribution is 2.06. The van der Waals surface area contributed by atoms with E-state index in [1.807, 2.05) is 0 Å². The lowest BCUT2D eigenvalue weighted by atomic mass is 10.1. The van der Waals surface area contributed by atoms with Gasteiger partial charge in [-0.3, -0.25) is 0 Å². The lowest BCUT2D eigenvalue weighted by Crippen LogP contribution is -2.30. The summed E-state index contributed by atoms with van der Waals surface area (Å²) in [5.41, 5.74) is 6.36. The molecule has 0 spiro atoms. The molecule has 0 fully saturated rings. The zero-order chi connectivity index (χ0) is 6.69. The summed E-state index contributed by atoms with van der Waals surface area (Å²) < 4.78 is 5.07. The molecule has 1 atom stereocenters. The monoisotopic (exact) mass is 128 g/mol. The van der Waals surface area contributed by atoms with Gasteiger partial charge in [0, 0.05) is 19.9 Å². The van der Waals surface area contributed by atoms with Gasteiger partial charge in [-0.2, -0.15) is 0 Å². The Hall–Kier alpha value is -0.700. The van der Waals surface area contributed by atoms with Crippen molar-refractivity contribution in [1.82, 2.24) is 5.32 Å². The van der Waals surface area contributed by atoms with Crippen molar-refractivity contribution in [2.75, 3.05) is 13.7 Å². The summed E-state index contributed by atoms with van der Waals surface area (Å²) in [6.45, 7) is 0.958. The number of hydrogen-bond acceptors (Lipinski definition) is 3. The van der Waals surface area contributed by atoms with Gasteiger partial charge >= 0.3 is 0 Å². The Bertz CT molecular complexity index is 122. The lowest BCUT2D eigenvalue weighted by Gasteiger charge is -2.20. The minimum Gasteiger partial charge on any atom is -0.399 e. The van der Waals surface area contributed by atoms with E-state index in [0.717, 1.165) is 18.7 Å². The Kier molecular flexibility index (Phi) is 1.95. The summed E-state index contributed by atoms with van der Waals surface area (Å²) in [4.78, 5) is 0. The van der Waals surface area contributed by atoms with Crippen LogP contribution in [0.15, 0.2) is 11.9 Å². The molecule has 52 valence electrons. The SMILES string of the molecule is COC1CCNC=C1N. The summed E-state index contributed by atoms with van der Waals surface area (Å²) in [7, 11) is 1.68. The Morgan fingerprint density at radius 1 is 1.89 bits per heavy atom. The predicted molar refractivity (Wildman–Crippen MR) is 35.7 cm³/mol. The largest absolute Gasteiger partial charge is 0.399 e. The maximum atomic E-state index is 5.56. The third-order valence-corrected chi connectivity index (χ3v) is 1.48. The highest BCUT2D eigenvalue weighted by molar-refractivity contribution is 5.05. The molecule has 0 aromatic carbocycles. The van der Waals surface area contributed by atoms with Gasteiger partial charge in [0.25, 0.3) is 0 Å². The van der Waals surface area contributed by atoms with Gasteiger partial charge in [-0.25, -0.2) is 0 Å². The molecular formula is C6H12N2O. The second-order valence-electron chi connectivity index (χ2n) is 2.11. The average molecular weight is 128 g/mol. The first kappa shape index (κ1) is 6.42. The molecule has 1 unspecified atom stereocenters. The molecule has 9 heavy (non-hydrogen) atoms. The smallest absolute Gasteiger partial charge is 0.0994 e. The van der Waals surface area contributed by atoms with E-state index in [9.17, 15) is 0 Å². The minimum absolute atomic E-state index is 0.131. The zero-order valence-electron chi connectivity index (χ0n) is 5.55. The molecule has 1 rings (SSSR count). The third kappa shape index (κ3) is 1.36. The number of ether oxygens (including phenoxy) is 1. The molecule has 3 N–H and O–H groups in total. The molecule has 1 heterocycles. The van der Waals surface area contributed by atoms with Crippen molar-refractivity contribution in [2.24, 2.45) is 5.73 Å². The molecule has 0 aromatic rings. The highest BCUT2D eigenvalue weighted by Gasteiger charge is 2.12. The number of nitrogens with one attached hydrogen (secondary N) is 1. The molecule has 0 aromatic heterocycles. The first-order valence-electron chi connectivity index (χ1n) is 3.06. The molecular weight excluding hydrogens is 116 g/mol. The molecule has 3 heteroatoms. The van der Waals surface area contributed by atoms with Crippen molar-refractivity contribution < 1.29 is 4.74 Å². The molecule has 0 saturated carbocycles. The van der Waals surface area contributed by atoms with E-state index >= 15 is 0 Å². The number of methoxy groups -OCH3 is 1. The van der Waals surface area contributed by atoms with E-state index in [4.69, 9.17) is 10.5 Å². The van der Waals surface area contributed by atoms with Crippen LogP contribution < -0.4 is 11.1 Å². The lowest BCUT2D eigenvalue weighted by molar-refractivity contribution is 0.118. The summed E-state index contributed by atoms with van der Waals surface area (Å²) in [5, 5.41) is 3.03. The fraction of sp³-hybridized carbons (Fsp3) is 0.667. The molecule has 0 aliphatic carbocycles. The summed E-state index contributed by atoms with van der Waals surface area (Å²) in [6.07, 6.45) is 2.91. The van der Waals surface area contributed by atoms with Crippen LogP contribution in [0.4, 0.5) is 0 Å². The Labute approximate surface area is 54.9 Å². The van der Waals surface area contributed by atoms with Crippen molar-refractivity contribution in [3.8, 4) is 0 Å². The maximum Gasteiger partial charge on any atom is 0.0994 e. The van der Waals surface area contributed by atoms with Crippen molar-refractivity contribution in [1.29, 1.82) is 0 Å². The van der Waals surface area contributed by atoms with Gasteiger partial charge in [-0.1, -0.05) is 0 Å². The van der Waals surface area contributed by atoms with E-state index in [-0.39, 0.29) is 6.10 Å². The first-order valence-corrected chi connectivity index (χ1v) is 3.06. The molecule has 0 saturated heterocycles.